The van der Waals surface area contributed by atoms with Gasteiger partial charge in [-0.15, -0.1) is 11.3 Å². The minimum Gasteiger partial charge on any atom is -0.469 e. The highest BCUT2D eigenvalue weighted by Gasteiger charge is 2.41. The van der Waals surface area contributed by atoms with Crippen LogP contribution in [0.5, 0.6) is 0 Å². The Balaban J connectivity index is 1.99. The molecule has 8 atom stereocenters. The van der Waals surface area contributed by atoms with Gasteiger partial charge in [-0.05, 0) is 41.2 Å². The largest absolute Gasteiger partial charge is 0.469 e. The maximum atomic E-state index is 14.7. The lowest BCUT2D eigenvalue weighted by molar-refractivity contribution is -0.141. The van der Waals surface area contributed by atoms with Crippen LogP contribution < -0.4 is 31.9 Å². The molecule has 1 aliphatic heterocycles. The van der Waals surface area contributed by atoms with E-state index in [1.165, 1.54) is 18.4 Å². The molecule has 1 saturated heterocycles. The molecule has 4 amide bonds. The molecule has 1 aromatic heterocycles. The average Bonchev–Trinajstić information content (AvgIpc) is 3.86. The van der Waals surface area contributed by atoms with Crippen LogP contribution in [0.3, 0.4) is 0 Å². The lowest BCUT2D eigenvalue weighted by atomic mass is 9.82. The minimum absolute atomic E-state index is 0.0206. The predicted octanol–water partition coefficient (Wildman–Crippen LogP) is 3.22. The van der Waals surface area contributed by atoms with Crippen molar-refractivity contribution in [3.05, 3.63) is 52.5 Å². The van der Waals surface area contributed by atoms with E-state index in [9.17, 15) is 29.1 Å². The number of amidine groups is 1. The van der Waals surface area contributed by atoms with Crippen molar-refractivity contribution in [3.8, 4) is 0 Å². The van der Waals surface area contributed by atoms with Crippen LogP contribution >= 0.6 is 11.3 Å². The summed E-state index contributed by atoms with van der Waals surface area (Å²) < 4.78 is 4.90. The van der Waals surface area contributed by atoms with Gasteiger partial charge in [-0.3, -0.25) is 29.0 Å². The first-order valence-corrected chi connectivity index (χ1v) is 20.9. The number of thiazole rings is 1. The van der Waals surface area contributed by atoms with E-state index in [1.54, 1.807) is 11.6 Å². The van der Waals surface area contributed by atoms with Gasteiger partial charge in [-0.25, -0.2) is 4.98 Å². The summed E-state index contributed by atoms with van der Waals surface area (Å²) in [4.78, 5) is 77.8. The van der Waals surface area contributed by atoms with Crippen molar-refractivity contribution in [1.29, 1.82) is 0 Å². The van der Waals surface area contributed by atoms with Gasteiger partial charge >= 0.3 is 5.97 Å². The van der Waals surface area contributed by atoms with Crippen LogP contribution in [0, 0.1) is 22.7 Å². The fourth-order valence-electron chi connectivity index (χ4n) is 6.83. The zero-order valence-corrected chi connectivity index (χ0v) is 36.8. The molecule has 0 saturated carbocycles. The lowest BCUT2D eigenvalue weighted by Crippen LogP contribution is -2.64. The van der Waals surface area contributed by atoms with E-state index in [0.29, 0.717) is 5.01 Å². The monoisotopic (exact) mass is 826 g/mol. The number of aliphatic hydroxyl groups excluding tert-OH is 1. The predicted molar refractivity (Wildman–Crippen MR) is 226 cm³/mol. The number of nitrogens with zero attached hydrogens (tertiary/aromatic N) is 2. The maximum absolute atomic E-state index is 14.7. The lowest BCUT2D eigenvalue weighted by Gasteiger charge is -2.39. The molecular weight excluding hydrogens is 761 g/mol. The number of hydrogen-bond donors (Lipinski definition) is 7. The van der Waals surface area contributed by atoms with Gasteiger partial charge in [0.2, 0.25) is 23.6 Å². The van der Waals surface area contributed by atoms with Gasteiger partial charge in [0.15, 0.2) is 0 Å². The number of aliphatic imine (C=N–C) groups is 1. The molecule has 2 heterocycles. The second kappa shape index (κ2) is 21.6. The van der Waals surface area contributed by atoms with Crippen molar-refractivity contribution in [2.45, 2.75) is 124 Å². The number of amides is 4. The molecule has 0 bridgehead atoms. The Morgan fingerprint density at radius 3 is 2.05 bits per heavy atom. The number of carbonyl (C=O) groups excluding carboxylic acids is 5. The Hall–Kier alpha value is -4.41. The van der Waals surface area contributed by atoms with Gasteiger partial charge in [0.05, 0.1) is 44.8 Å². The summed E-state index contributed by atoms with van der Waals surface area (Å²) in [5, 5.41) is 30.7. The Bertz CT molecular complexity index is 1690. The highest BCUT2D eigenvalue weighted by atomic mass is 32.1. The van der Waals surface area contributed by atoms with Crippen molar-refractivity contribution < 1.29 is 33.8 Å². The summed E-state index contributed by atoms with van der Waals surface area (Å²) in [7, 11) is 1.27. The first-order chi connectivity index (χ1) is 27.2. The van der Waals surface area contributed by atoms with Crippen molar-refractivity contribution in [2.24, 2.45) is 27.7 Å². The third kappa shape index (κ3) is 13.6. The fourth-order valence-corrected chi connectivity index (χ4v) is 7.52. The first-order valence-electron chi connectivity index (χ1n) is 20.1. The summed E-state index contributed by atoms with van der Waals surface area (Å²) in [5.74, 6) is -2.63. The average molecular weight is 827 g/mol. The van der Waals surface area contributed by atoms with Crippen molar-refractivity contribution in [3.63, 3.8) is 0 Å². The summed E-state index contributed by atoms with van der Waals surface area (Å²) >= 11 is 1.28. The molecule has 58 heavy (non-hydrogen) atoms. The molecule has 3 rings (SSSR count). The zero-order chi connectivity index (χ0) is 43.4. The third-order valence-corrected chi connectivity index (χ3v) is 11.3. The molecule has 2 aromatic rings. The number of carbonyl (C=O) groups is 5. The summed E-state index contributed by atoms with van der Waals surface area (Å²) in [6.07, 6.45) is 2.28. The number of rotatable bonds is 18. The molecule has 322 valence electrons. The van der Waals surface area contributed by atoms with Gasteiger partial charge in [0.25, 0.3) is 0 Å². The van der Waals surface area contributed by atoms with E-state index < -0.39 is 76.7 Å². The van der Waals surface area contributed by atoms with Crippen LogP contribution in [0.25, 0.3) is 0 Å². The number of nitrogens with one attached hydrogen (secondary N) is 6. The SMILES string of the molecule is COC(=O)C[C@@H](NC(=O)[C@@H](NC(=O)C(NC(=NCCO)C(NC(=O)[C@@H](NC(=O)[C@H]1NCC[C@H]1C)C(C)C)C(C)(C)C)C(C)(C)C)C(C)c1ccccc1)c1nccs1. The van der Waals surface area contributed by atoms with Crippen LogP contribution in [-0.2, 0) is 28.7 Å². The number of esters is 1. The van der Waals surface area contributed by atoms with Gasteiger partial charge in [0, 0.05) is 17.5 Å². The smallest absolute Gasteiger partial charge is 0.308 e. The number of aromatic nitrogens is 1. The Labute approximate surface area is 347 Å². The van der Waals surface area contributed by atoms with E-state index in [0.717, 1.165) is 18.5 Å². The molecule has 16 heteroatoms. The van der Waals surface area contributed by atoms with Crippen LogP contribution in [0.15, 0.2) is 46.9 Å². The molecule has 15 nitrogen and oxygen atoms in total. The molecule has 0 aliphatic carbocycles. The molecular formula is C42H66N8O7S. The van der Waals surface area contributed by atoms with Gasteiger partial charge in [-0.2, -0.15) is 0 Å². The number of methoxy groups -OCH3 is 1. The van der Waals surface area contributed by atoms with Gasteiger partial charge < -0.3 is 41.7 Å². The Morgan fingerprint density at radius 2 is 1.53 bits per heavy atom. The molecule has 1 aromatic carbocycles. The van der Waals surface area contributed by atoms with Crippen molar-refractivity contribution in [2.75, 3.05) is 26.8 Å². The number of ether oxygens (including phenoxy) is 1. The van der Waals surface area contributed by atoms with Crippen LogP contribution in [-0.4, -0.2) is 103 Å². The highest BCUT2D eigenvalue weighted by molar-refractivity contribution is 7.09. The maximum Gasteiger partial charge on any atom is 0.308 e. The standard InChI is InChI=1S/C42H66N8O7S/c1-24(2)30(47-37(54)31-25(3)17-18-43-31)36(53)50-33(41(5,6)7)35(44-19-21-51)49-34(42(8,9)10)39(56)48-32(26(4)27-15-13-12-14-16-27)38(55)46-28(23-29(52)57-11)40-45-20-22-58-40/h12-16,20,22,24-26,28,30-34,43,51H,17-19,21,23H2,1-11H3,(H,44,49)(H,46,55)(H,47,54)(H,48,56)(H,50,53)/t25-,26?,28-,30+,31+,32+,33?,34?/m1/s1. The van der Waals surface area contributed by atoms with Crippen LogP contribution in [0.2, 0.25) is 0 Å². The number of hydrogen-bond acceptors (Lipinski definition) is 11. The minimum atomic E-state index is -1.11. The fraction of sp³-hybridized carbons (Fsp3) is 0.643. The van der Waals surface area contributed by atoms with E-state index in [1.807, 2.05) is 99.6 Å². The van der Waals surface area contributed by atoms with E-state index in [4.69, 9.17) is 4.74 Å². The van der Waals surface area contributed by atoms with E-state index in [2.05, 4.69) is 41.9 Å². The van der Waals surface area contributed by atoms with Gasteiger partial charge in [-0.1, -0.05) is 99.6 Å². The Morgan fingerprint density at radius 1 is 0.897 bits per heavy atom. The summed E-state index contributed by atoms with van der Waals surface area (Å²) in [6.45, 7) is 19.3. The molecule has 0 radical (unpaired) electrons. The van der Waals surface area contributed by atoms with Gasteiger partial charge in [0.1, 0.15) is 29.0 Å². The number of aliphatic hydroxyl groups is 1. The molecule has 3 unspecified atom stereocenters. The van der Waals surface area contributed by atoms with Crippen LogP contribution in [0.1, 0.15) is 105 Å². The van der Waals surface area contributed by atoms with Crippen molar-refractivity contribution >= 4 is 46.8 Å². The van der Waals surface area contributed by atoms with E-state index >= 15 is 0 Å². The zero-order valence-electron chi connectivity index (χ0n) is 36.0. The highest BCUT2D eigenvalue weighted by Crippen LogP contribution is 2.27. The summed E-state index contributed by atoms with van der Waals surface area (Å²) in [5.41, 5.74) is -0.647. The molecule has 1 fully saturated rings. The van der Waals surface area contributed by atoms with Crippen LogP contribution in [0.4, 0.5) is 0 Å². The normalized spacial score (nSPS) is 19.2. The Kier molecular flexibility index (Phi) is 17.8. The summed E-state index contributed by atoms with van der Waals surface area (Å²) in [6, 6.07) is 4.33. The molecule has 1 aliphatic rings. The molecule has 7 N–H and O–H groups in total. The topological polar surface area (TPSA) is 212 Å². The first kappa shape index (κ1) is 48.0. The third-order valence-electron chi connectivity index (χ3n) is 10.4. The molecule has 0 spiro atoms. The quantitative estimate of drug-likeness (QED) is 0.0663. The number of benzene rings is 1. The second-order valence-electron chi connectivity index (χ2n) is 17.6. The van der Waals surface area contributed by atoms with Crippen molar-refractivity contribution in [1.82, 2.24) is 36.9 Å². The van der Waals surface area contributed by atoms with E-state index in [-0.39, 0.29) is 43.2 Å². The second-order valence-corrected chi connectivity index (χ2v) is 18.5.